The molecule has 2 N–H and O–H groups in total. The van der Waals surface area contributed by atoms with Crippen LogP contribution in [0.2, 0.25) is 0 Å². The second kappa shape index (κ2) is 3.01. The van der Waals surface area contributed by atoms with Crippen LogP contribution >= 0.6 is 0 Å². The highest BCUT2D eigenvalue weighted by molar-refractivity contribution is 5.48. The van der Waals surface area contributed by atoms with Crippen LogP contribution in [0.5, 0.6) is 0 Å². The molecule has 1 aromatic carbocycles. The molecule has 0 fully saturated rings. The summed E-state index contributed by atoms with van der Waals surface area (Å²) in [4.78, 5) is 0. The molecule has 0 aromatic heterocycles. The van der Waals surface area contributed by atoms with Gasteiger partial charge < -0.3 is 5.73 Å². The van der Waals surface area contributed by atoms with Crippen molar-refractivity contribution in [1.29, 1.82) is 0 Å². The Morgan fingerprint density at radius 3 is 2.79 bits per heavy atom. The number of aryl methyl sites for hydroxylation is 1. The van der Waals surface area contributed by atoms with Crippen molar-refractivity contribution in [2.75, 3.05) is 5.73 Å². The summed E-state index contributed by atoms with van der Waals surface area (Å²) in [6.45, 7) is 7.00. The Hall–Kier alpha value is -0.980. The van der Waals surface area contributed by atoms with Crippen LogP contribution in [0.4, 0.5) is 5.69 Å². The highest BCUT2D eigenvalue weighted by atomic mass is 14.5. The molecule has 1 aliphatic carbocycles. The lowest BCUT2D eigenvalue weighted by Gasteiger charge is -2.38. The monoisotopic (exact) mass is 189 g/mol. The van der Waals surface area contributed by atoms with Crippen LogP contribution in [-0.4, -0.2) is 0 Å². The van der Waals surface area contributed by atoms with E-state index in [2.05, 4.69) is 32.9 Å². The van der Waals surface area contributed by atoms with Gasteiger partial charge in [-0.15, -0.1) is 0 Å². The third-order valence-corrected chi connectivity index (χ3v) is 3.91. The molecule has 1 aliphatic rings. The Balaban J connectivity index is 2.55. The number of fused-ring (bicyclic) bond motifs is 1. The molecule has 0 spiro atoms. The van der Waals surface area contributed by atoms with Gasteiger partial charge in [0.05, 0.1) is 0 Å². The lowest BCUT2D eigenvalue weighted by atomic mass is 9.66. The summed E-state index contributed by atoms with van der Waals surface area (Å²) in [5.41, 5.74) is 9.97. The van der Waals surface area contributed by atoms with Crippen LogP contribution in [0.25, 0.3) is 0 Å². The van der Waals surface area contributed by atoms with Crippen LogP contribution in [0.15, 0.2) is 18.2 Å². The number of rotatable bonds is 0. The summed E-state index contributed by atoms with van der Waals surface area (Å²) in [6, 6.07) is 6.37. The maximum absolute atomic E-state index is 5.85. The SMILES string of the molecule is CC1CCc2ccc(N)cc2C1(C)C. The van der Waals surface area contributed by atoms with Crippen LogP contribution < -0.4 is 5.73 Å². The van der Waals surface area contributed by atoms with Gasteiger partial charge in [0.15, 0.2) is 0 Å². The number of hydrogen-bond donors (Lipinski definition) is 1. The maximum atomic E-state index is 5.85. The predicted molar refractivity (Wildman–Crippen MR) is 61.4 cm³/mol. The molecule has 1 atom stereocenters. The number of benzene rings is 1. The minimum absolute atomic E-state index is 0.281. The molecule has 0 aliphatic heterocycles. The maximum Gasteiger partial charge on any atom is 0.0317 e. The average Bonchev–Trinajstić information content (AvgIpc) is 2.13. The van der Waals surface area contributed by atoms with Crippen LogP contribution in [-0.2, 0) is 11.8 Å². The first kappa shape index (κ1) is 9.57. The van der Waals surface area contributed by atoms with Gasteiger partial charge in [0.1, 0.15) is 0 Å². The molecule has 1 unspecified atom stereocenters. The molecule has 0 saturated carbocycles. The fraction of sp³-hybridized carbons (Fsp3) is 0.538. The van der Waals surface area contributed by atoms with E-state index >= 15 is 0 Å². The van der Waals surface area contributed by atoms with E-state index < -0.39 is 0 Å². The largest absolute Gasteiger partial charge is 0.399 e. The normalized spacial score (nSPS) is 24.4. The summed E-state index contributed by atoms with van der Waals surface area (Å²) in [7, 11) is 0. The molecule has 1 nitrogen and oxygen atoms in total. The highest BCUT2D eigenvalue weighted by Gasteiger charge is 2.33. The molecule has 0 radical (unpaired) electrons. The van der Waals surface area contributed by atoms with E-state index in [0.717, 1.165) is 11.6 Å². The number of anilines is 1. The van der Waals surface area contributed by atoms with Crippen molar-refractivity contribution in [3.05, 3.63) is 29.3 Å². The Labute approximate surface area is 86.3 Å². The standard InChI is InChI=1S/C13H19N/c1-9-4-5-10-6-7-11(14)8-12(10)13(9,2)3/h6-9H,4-5,14H2,1-3H3. The number of nitrogen functional groups attached to an aromatic ring is 1. The van der Waals surface area contributed by atoms with Crippen molar-refractivity contribution < 1.29 is 0 Å². The van der Waals surface area contributed by atoms with E-state index in [1.54, 1.807) is 0 Å². The lowest BCUT2D eigenvalue weighted by molar-refractivity contribution is 0.302. The van der Waals surface area contributed by atoms with Crippen molar-refractivity contribution in [3.8, 4) is 0 Å². The van der Waals surface area contributed by atoms with Crippen LogP contribution in [0, 0.1) is 5.92 Å². The molecule has 76 valence electrons. The predicted octanol–water partition coefficient (Wildman–Crippen LogP) is 3.13. The third kappa shape index (κ3) is 1.31. The summed E-state index contributed by atoms with van der Waals surface area (Å²) < 4.78 is 0. The quantitative estimate of drug-likeness (QED) is 0.623. The first-order valence-electron chi connectivity index (χ1n) is 5.40. The van der Waals surface area contributed by atoms with Crippen molar-refractivity contribution in [3.63, 3.8) is 0 Å². The van der Waals surface area contributed by atoms with E-state index in [1.165, 1.54) is 24.0 Å². The van der Waals surface area contributed by atoms with Gasteiger partial charge >= 0.3 is 0 Å². The summed E-state index contributed by atoms with van der Waals surface area (Å²) >= 11 is 0. The third-order valence-electron chi connectivity index (χ3n) is 3.91. The van der Waals surface area contributed by atoms with E-state index in [9.17, 15) is 0 Å². The zero-order valence-corrected chi connectivity index (χ0v) is 9.30. The van der Waals surface area contributed by atoms with Crippen molar-refractivity contribution in [1.82, 2.24) is 0 Å². The molecule has 0 heterocycles. The fourth-order valence-electron chi connectivity index (χ4n) is 2.41. The van der Waals surface area contributed by atoms with Crippen molar-refractivity contribution in [2.24, 2.45) is 5.92 Å². The van der Waals surface area contributed by atoms with Crippen LogP contribution in [0.3, 0.4) is 0 Å². The van der Waals surface area contributed by atoms with Gasteiger partial charge in [-0.3, -0.25) is 0 Å². The second-order valence-corrected chi connectivity index (χ2v) is 5.08. The minimum atomic E-state index is 0.281. The first-order valence-corrected chi connectivity index (χ1v) is 5.40. The zero-order valence-electron chi connectivity index (χ0n) is 9.30. The molecule has 0 amide bonds. The Morgan fingerprint density at radius 2 is 2.07 bits per heavy atom. The minimum Gasteiger partial charge on any atom is -0.399 e. The molecule has 14 heavy (non-hydrogen) atoms. The van der Waals surface area contributed by atoms with E-state index in [-0.39, 0.29) is 5.41 Å². The second-order valence-electron chi connectivity index (χ2n) is 5.08. The Morgan fingerprint density at radius 1 is 1.36 bits per heavy atom. The molecule has 0 bridgehead atoms. The number of nitrogens with two attached hydrogens (primary N) is 1. The fourth-order valence-corrected chi connectivity index (χ4v) is 2.41. The number of hydrogen-bond acceptors (Lipinski definition) is 1. The van der Waals surface area contributed by atoms with Gasteiger partial charge in [-0.2, -0.15) is 0 Å². The first-order chi connectivity index (χ1) is 6.51. The molecule has 1 heteroatoms. The van der Waals surface area contributed by atoms with Crippen LogP contribution in [0.1, 0.15) is 38.3 Å². The average molecular weight is 189 g/mol. The molecular formula is C13H19N. The zero-order chi connectivity index (χ0) is 10.3. The van der Waals surface area contributed by atoms with Gasteiger partial charge in [0, 0.05) is 5.69 Å². The Bertz CT molecular complexity index is 352. The summed E-state index contributed by atoms with van der Waals surface area (Å²) in [5.74, 6) is 0.747. The van der Waals surface area contributed by atoms with Gasteiger partial charge in [-0.25, -0.2) is 0 Å². The smallest absolute Gasteiger partial charge is 0.0317 e. The molecule has 0 saturated heterocycles. The van der Waals surface area contributed by atoms with Crippen molar-refractivity contribution in [2.45, 2.75) is 39.0 Å². The van der Waals surface area contributed by atoms with E-state index in [0.29, 0.717) is 0 Å². The molecular weight excluding hydrogens is 170 g/mol. The van der Waals surface area contributed by atoms with Gasteiger partial charge in [-0.1, -0.05) is 26.8 Å². The van der Waals surface area contributed by atoms with E-state index in [4.69, 9.17) is 5.73 Å². The van der Waals surface area contributed by atoms with Crippen molar-refractivity contribution >= 4 is 5.69 Å². The van der Waals surface area contributed by atoms with Gasteiger partial charge in [0.2, 0.25) is 0 Å². The highest BCUT2D eigenvalue weighted by Crippen LogP contribution is 2.41. The van der Waals surface area contributed by atoms with E-state index in [1.807, 2.05) is 6.07 Å². The lowest BCUT2D eigenvalue weighted by Crippen LogP contribution is -2.32. The van der Waals surface area contributed by atoms with Gasteiger partial charge in [0.25, 0.3) is 0 Å². The topological polar surface area (TPSA) is 26.0 Å². The van der Waals surface area contributed by atoms with Gasteiger partial charge in [-0.05, 0) is 47.4 Å². The molecule has 2 rings (SSSR count). The molecule has 1 aromatic rings. The summed E-state index contributed by atoms with van der Waals surface area (Å²) in [6.07, 6.45) is 2.50. The summed E-state index contributed by atoms with van der Waals surface area (Å²) in [5, 5.41) is 0. The Kier molecular flexibility index (Phi) is 2.06.